The molecule has 2 aromatic carbocycles. The lowest BCUT2D eigenvalue weighted by atomic mass is 9.94. The molecular formula is C16H17NO. The highest BCUT2D eigenvalue weighted by atomic mass is 16.1. The van der Waals surface area contributed by atoms with Crippen molar-refractivity contribution in [2.45, 2.75) is 20.8 Å². The van der Waals surface area contributed by atoms with E-state index in [0.717, 1.165) is 22.3 Å². The summed E-state index contributed by atoms with van der Waals surface area (Å²) in [5.41, 5.74) is 10.9. The normalized spacial score (nSPS) is 10.4. The first-order valence-corrected chi connectivity index (χ1v) is 5.97. The van der Waals surface area contributed by atoms with Crippen LogP contribution in [0.15, 0.2) is 36.4 Å². The molecule has 0 aliphatic carbocycles. The lowest BCUT2D eigenvalue weighted by Gasteiger charge is -2.10. The van der Waals surface area contributed by atoms with Crippen LogP contribution in [0.3, 0.4) is 0 Å². The molecule has 92 valence electrons. The molecule has 18 heavy (non-hydrogen) atoms. The van der Waals surface area contributed by atoms with Crippen molar-refractivity contribution < 1.29 is 4.79 Å². The number of hydrogen-bond acceptors (Lipinski definition) is 2. The highest BCUT2D eigenvalue weighted by Crippen LogP contribution is 2.22. The van der Waals surface area contributed by atoms with E-state index < -0.39 is 0 Å². The third-order valence-corrected chi connectivity index (χ3v) is 3.16. The summed E-state index contributed by atoms with van der Waals surface area (Å²) in [5.74, 6) is 0.00287. The van der Waals surface area contributed by atoms with Crippen LogP contribution >= 0.6 is 0 Å². The first kappa shape index (κ1) is 12.4. The molecule has 0 aromatic heterocycles. The number of carbonyl (C=O) groups is 1. The minimum Gasteiger partial charge on any atom is -0.398 e. The maximum atomic E-state index is 12.5. The zero-order valence-electron chi connectivity index (χ0n) is 10.9. The molecule has 2 N–H and O–H groups in total. The maximum Gasteiger partial charge on any atom is 0.195 e. The zero-order chi connectivity index (χ0) is 13.3. The first-order chi connectivity index (χ1) is 8.50. The molecule has 0 saturated heterocycles. The van der Waals surface area contributed by atoms with Crippen LogP contribution in [0.25, 0.3) is 0 Å². The standard InChI is InChI=1S/C16H17NO/c1-10-7-8-13(12(3)9-10)16(18)15-11(2)5-4-6-14(15)17/h4-9H,17H2,1-3H3. The molecule has 0 radical (unpaired) electrons. The van der Waals surface area contributed by atoms with E-state index in [4.69, 9.17) is 5.73 Å². The number of benzene rings is 2. The van der Waals surface area contributed by atoms with Gasteiger partial charge in [0.05, 0.1) is 0 Å². The molecule has 0 saturated carbocycles. The second-order valence-electron chi connectivity index (χ2n) is 4.69. The van der Waals surface area contributed by atoms with Crippen molar-refractivity contribution in [2.75, 3.05) is 5.73 Å². The summed E-state index contributed by atoms with van der Waals surface area (Å²) in [7, 11) is 0. The highest BCUT2D eigenvalue weighted by Gasteiger charge is 2.16. The van der Waals surface area contributed by atoms with Crippen LogP contribution in [-0.2, 0) is 0 Å². The van der Waals surface area contributed by atoms with E-state index in [1.165, 1.54) is 0 Å². The van der Waals surface area contributed by atoms with Crippen LogP contribution in [0.2, 0.25) is 0 Å². The van der Waals surface area contributed by atoms with Gasteiger partial charge in [0.25, 0.3) is 0 Å². The van der Waals surface area contributed by atoms with Gasteiger partial charge in [-0.05, 0) is 38.0 Å². The van der Waals surface area contributed by atoms with Gasteiger partial charge in [0.2, 0.25) is 0 Å². The van der Waals surface area contributed by atoms with Crippen molar-refractivity contribution in [3.63, 3.8) is 0 Å². The second-order valence-corrected chi connectivity index (χ2v) is 4.69. The fourth-order valence-electron chi connectivity index (χ4n) is 2.20. The summed E-state index contributed by atoms with van der Waals surface area (Å²) >= 11 is 0. The first-order valence-electron chi connectivity index (χ1n) is 5.97. The zero-order valence-corrected chi connectivity index (χ0v) is 10.9. The van der Waals surface area contributed by atoms with Crippen LogP contribution in [-0.4, -0.2) is 5.78 Å². The van der Waals surface area contributed by atoms with Crippen LogP contribution < -0.4 is 5.73 Å². The van der Waals surface area contributed by atoms with E-state index >= 15 is 0 Å². The lowest BCUT2D eigenvalue weighted by Crippen LogP contribution is -2.09. The Bertz CT molecular complexity index is 594. The van der Waals surface area contributed by atoms with E-state index in [1.807, 2.05) is 51.1 Å². The molecule has 0 bridgehead atoms. The molecule has 0 fully saturated rings. The summed E-state index contributed by atoms with van der Waals surface area (Å²) < 4.78 is 0. The maximum absolute atomic E-state index is 12.5. The Morgan fingerprint density at radius 2 is 1.72 bits per heavy atom. The molecule has 0 aliphatic rings. The Kier molecular flexibility index (Phi) is 3.19. The number of nitrogens with two attached hydrogens (primary N) is 1. The molecule has 0 amide bonds. The van der Waals surface area contributed by atoms with Crippen molar-refractivity contribution in [1.29, 1.82) is 0 Å². The minimum absolute atomic E-state index is 0.00287. The monoisotopic (exact) mass is 239 g/mol. The van der Waals surface area contributed by atoms with Gasteiger partial charge in [-0.25, -0.2) is 0 Å². The predicted octanol–water partition coefficient (Wildman–Crippen LogP) is 3.43. The van der Waals surface area contributed by atoms with Crippen molar-refractivity contribution in [3.05, 3.63) is 64.2 Å². The Balaban J connectivity index is 2.55. The number of ketones is 1. The van der Waals surface area contributed by atoms with Gasteiger partial charge in [-0.2, -0.15) is 0 Å². The van der Waals surface area contributed by atoms with Crippen molar-refractivity contribution >= 4 is 11.5 Å². The predicted molar refractivity (Wildman–Crippen MR) is 74.9 cm³/mol. The number of carbonyl (C=O) groups excluding carboxylic acids is 1. The molecule has 0 heterocycles. The molecule has 2 heteroatoms. The highest BCUT2D eigenvalue weighted by molar-refractivity contribution is 6.13. The summed E-state index contributed by atoms with van der Waals surface area (Å²) in [6.07, 6.45) is 0. The van der Waals surface area contributed by atoms with Gasteiger partial charge in [-0.15, -0.1) is 0 Å². The number of aryl methyl sites for hydroxylation is 3. The van der Waals surface area contributed by atoms with Gasteiger partial charge in [0.1, 0.15) is 0 Å². The van der Waals surface area contributed by atoms with E-state index in [1.54, 1.807) is 6.07 Å². The molecular weight excluding hydrogens is 222 g/mol. The molecule has 2 aromatic rings. The SMILES string of the molecule is Cc1ccc(C(=O)c2c(C)cccc2N)c(C)c1. The number of hydrogen-bond donors (Lipinski definition) is 1. The molecule has 0 unspecified atom stereocenters. The third kappa shape index (κ3) is 2.14. The van der Waals surface area contributed by atoms with Gasteiger partial charge >= 0.3 is 0 Å². The number of nitrogen functional groups attached to an aromatic ring is 1. The summed E-state index contributed by atoms with van der Waals surface area (Å²) in [6, 6.07) is 11.4. The minimum atomic E-state index is 0.00287. The van der Waals surface area contributed by atoms with E-state index in [2.05, 4.69) is 0 Å². The van der Waals surface area contributed by atoms with Crippen molar-refractivity contribution in [3.8, 4) is 0 Å². The number of anilines is 1. The van der Waals surface area contributed by atoms with Gasteiger partial charge < -0.3 is 5.73 Å². The van der Waals surface area contributed by atoms with Crippen LogP contribution in [0, 0.1) is 20.8 Å². The lowest BCUT2D eigenvalue weighted by molar-refractivity contribution is 0.103. The van der Waals surface area contributed by atoms with Crippen LogP contribution in [0.5, 0.6) is 0 Å². The van der Waals surface area contributed by atoms with Gasteiger partial charge in [0.15, 0.2) is 5.78 Å². The van der Waals surface area contributed by atoms with E-state index in [-0.39, 0.29) is 5.78 Å². The molecule has 0 aliphatic heterocycles. The largest absolute Gasteiger partial charge is 0.398 e. The van der Waals surface area contributed by atoms with Crippen LogP contribution in [0.1, 0.15) is 32.6 Å². The number of rotatable bonds is 2. The quantitative estimate of drug-likeness (QED) is 0.644. The van der Waals surface area contributed by atoms with Crippen molar-refractivity contribution in [1.82, 2.24) is 0 Å². The fourth-order valence-corrected chi connectivity index (χ4v) is 2.20. The Hall–Kier alpha value is -2.09. The van der Waals surface area contributed by atoms with Crippen LogP contribution in [0.4, 0.5) is 5.69 Å². The third-order valence-electron chi connectivity index (χ3n) is 3.16. The molecule has 0 spiro atoms. The second kappa shape index (κ2) is 4.65. The Labute approximate surface area is 107 Å². The van der Waals surface area contributed by atoms with E-state index in [9.17, 15) is 4.79 Å². The average Bonchev–Trinajstić information content (AvgIpc) is 2.28. The smallest absolute Gasteiger partial charge is 0.195 e. The van der Waals surface area contributed by atoms with E-state index in [0.29, 0.717) is 11.3 Å². The Morgan fingerprint density at radius 1 is 1.00 bits per heavy atom. The topological polar surface area (TPSA) is 43.1 Å². The Morgan fingerprint density at radius 3 is 2.33 bits per heavy atom. The van der Waals surface area contributed by atoms with Gasteiger partial charge in [-0.1, -0.05) is 35.9 Å². The van der Waals surface area contributed by atoms with Gasteiger partial charge in [0, 0.05) is 16.8 Å². The molecule has 2 rings (SSSR count). The summed E-state index contributed by atoms with van der Waals surface area (Å²) in [4.78, 5) is 12.5. The van der Waals surface area contributed by atoms with Crippen molar-refractivity contribution in [2.24, 2.45) is 0 Å². The van der Waals surface area contributed by atoms with Gasteiger partial charge in [-0.3, -0.25) is 4.79 Å². The fraction of sp³-hybridized carbons (Fsp3) is 0.188. The summed E-state index contributed by atoms with van der Waals surface area (Å²) in [6.45, 7) is 5.88. The summed E-state index contributed by atoms with van der Waals surface area (Å²) in [5, 5.41) is 0. The average molecular weight is 239 g/mol. The molecule has 0 atom stereocenters. The molecule has 2 nitrogen and oxygen atoms in total.